The number of aromatic nitrogens is 1. The number of aliphatic hydroxyl groups excluding tert-OH is 1. The number of phenols is 1. The van der Waals surface area contributed by atoms with Crippen molar-refractivity contribution in [2.75, 3.05) is 13.7 Å². The van der Waals surface area contributed by atoms with Gasteiger partial charge in [0.05, 0.1) is 36.0 Å². The van der Waals surface area contributed by atoms with Crippen molar-refractivity contribution in [2.24, 2.45) is 23.7 Å². The number of fused-ring (bicyclic) bond motifs is 2. The first-order valence-electron chi connectivity index (χ1n) is 22.7. The minimum atomic E-state index is -1.43. The number of cyclic esters (lactones) is 1. The van der Waals surface area contributed by atoms with Crippen LogP contribution in [0, 0.1) is 37.5 Å². The number of benzene rings is 2. The number of amides is 1. The van der Waals surface area contributed by atoms with Crippen molar-refractivity contribution < 1.29 is 53.1 Å². The summed E-state index contributed by atoms with van der Waals surface area (Å²) in [5.74, 6) is -5.28. The van der Waals surface area contributed by atoms with Gasteiger partial charge in [-0.3, -0.25) is 24.3 Å². The molecule has 1 unspecified atom stereocenters. The zero-order chi connectivity index (χ0) is 47.7. The SMILES string of the molecule is CC[C@H]1OC(=O)[C@H](C)C(=O)[C@H](C)[C@@H](OC2O[C@H](C)C[C@H](N(C)Cc3c(O)cc(C)c(Br)c3C)[C@H]2O)[C@@](C)(OC/C=C/c2cnc3ccccc3c2)C[C@@H](C)C(=O)[C@H](C)[C@H]2NC(=O)O[C@@]21C. The number of nitrogens with one attached hydrogen (secondary N) is 1. The Bertz CT molecular complexity index is 2290. The van der Waals surface area contributed by atoms with Gasteiger partial charge in [-0.05, 0) is 103 Å². The number of aromatic hydroxyl groups is 1. The highest BCUT2D eigenvalue weighted by Crippen LogP contribution is 2.41. The first-order valence-corrected chi connectivity index (χ1v) is 23.5. The van der Waals surface area contributed by atoms with E-state index in [0.717, 1.165) is 32.1 Å². The lowest BCUT2D eigenvalue weighted by atomic mass is 9.73. The first kappa shape index (κ1) is 50.2. The molecule has 0 saturated carbocycles. The Kier molecular flexibility index (Phi) is 15.7. The van der Waals surface area contributed by atoms with Crippen molar-refractivity contribution in [1.82, 2.24) is 15.2 Å². The van der Waals surface area contributed by atoms with Crippen LogP contribution in [-0.2, 0) is 44.6 Å². The second-order valence-electron chi connectivity index (χ2n) is 18.9. The number of rotatable bonds is 10. The highest BCUT2D eigenvalue weighted by molar-refractivity contribution is 9.10. The lowest BCUT2D eigenvalue weighted by Crippen LogP contribution is -2.60. The number of likely N-dealkylation sites (N-methyl/N-ethyl adjacent to an activating group) is 1. The molecule has 65 heavy (non-hydrogen) atoms. The maximum Gasteiger partial charge on any atom is 0.408 e. The number of carbonyl (C=O) groups is 4. The van der Waals surface area contributed by atoms with Crippen LogP contribution in [0.15, 0.2) is 53.1 Å². The molecule has 3 aromatic rings. The van der Waals surface area contributed by atoms with Gasteiger partial charge in [-0.1, -0.05) is 74.0 Å². The van der Waals surface area contributed by atoms with Crippen LogP contribution < -0.4 is 5.32 Å². The minimum absolute atomic E-state index is 0.0196. The lowest BCUT2D eigenvalue weighted by Gasteiger charge is -2.47. The molecule has 6 rings (SSSR count). The third kappa shape index (κ3) is 10.5. The van der Waals surface area contributed by atoms with E-state index in [0.29, 0.717) is 18.5 Å². The lowest BCUT2D eigenvalue weighted by molar-refractivity contribution is -0.297. The predicted molar refractivity (Wildman–Crippen MR) is 249 cm³/mol. The van der Waals surface area contributed by atoms with Crippen molar-refractivity contribution in [3.05, 3.63) is 75.4 Å². The van der Waals surface area contributed by atoms with Crippen LogP contribution >= 0.6 is 15.9 Å². The molecule has 0 bridgehead atoms. The molecule has 0 spiro atoms. The van der Waals surface area contributed by atoms with Crippen LogP contribution in [-0.4, -0.2) is 111 Å². The Balaban J connectivity index is 1.38. The van der Waals surface area contributed by atoms with E-state index >= 15 is 0 Å². The Morgan fingerprint density at radius 2 is 1.74 bits per heavy atom. The molecule has 3 saturated heterocycles. The molecule has 15 heteroatoms. The predicted octanol–water partition coefficient (Wildman–Crippen LogP) is 7.77. The number of aryl methyl sites for hydroxylation is 1. The van der Waals surface area contributed by atoms with Gasteiger partial charge in [0.2, 0.25) is 0 Å². The van der Waals surface area contributed by atoms with E-state index in [4.69, 9.17) is 23.7 Å². The summed E-state index contributed by atoms with van der Waals surface area (Å²) >= 11 is 3.64. The summed E-state index contributed by atoms with van der Waals surface area (Å²) in [6.07, 6.45) is 0.328. The van der Waals surface area contributed by atoms with Crippen LogP contribution in [0.3, 0.4) is 0 Å². The highest BCUT2D eigenvalue weighted by Gasteiger charge is 2.57. The molecule has 354 valence electrons. The first-order chi connectivity index (χ1) is 30.6. The van der Waals surface area contributed by atoms with Gasteiger partial charge in [0.25, 0.3) is 0 Å². The third-order valence-corrected chi connectivity index (χ3v) is 15.2. The quantitative estimate of drug-likeness (QED) is 0.133. The van der Waals surface area contributed by atoms with Crippen molar-refractivity contribution in [3.8, 4) is 5.75 Å². The van der Waals surface area contributed by atoms with E-state index in [-0.39, 0.29) is 31.0 Å². The summed E-state index contributed by atoms with van der Waals surface area (Å²) in [5.41, 5.74) is 1.33. The van der Waals surface area contributed by atoms with Gasteiger partial charge in [0.15, 0.2) is 17.7 Å². The molecule has 3 N–H and O–H groups in total. The number of esters is 1. The minimum Gasteiger partial charge on any atom is -0.508 e. The van der Waals surface area contributed by atoms with E-state index in [1.807, 2.05) is 75.2 Å². The third-order valence-electron chi connectivity index (χ3n) is 14.0. The van der Waals surface area contributed by atoms with Gasteiger partial charge in [0, 0.05) is 52.0 Å². The fourth-order valence-corrected chi connectivity index (χ4v) is 10.5. The smallest absolute Gasteiger partial charge is 0.408 e. The van der Waals surface area contributed by atoms with Gasteiger partial charge in [0.1, 0.15) is 29.7 Å². The summed E-state index contributed by atoms with van der Waals surface area (Å²) in [6, 6.07) is 10.1. The summed E-state index contributed by atoms with van der Waals surface area (Å²) in [7, 11) is 1.86. The van der Waals surface area contributed by atoms with E-state index in [1.54, 1.807) is 53.8 Å². The molecule has 3 aliphatic rings. The van der Waals surface area contributed by atoms with Crippen LogP contribution in [0.25, 0.3) is 17.0 Å². The number of halogens is 1. The molecule has 3 aliphatic heterocycles. The number of para-hydroxylation sites is 1. The number of ether oxygens (including phenoxy) is 5. The van der Waals surface area contributed by atoms with E-state index < -0.39 is 95.5 Å². The zero-order valence-corrected chi connectivity index (χ0v) is 41.0. The topological polar surface area (TPSA) is 183 Å². The van der Waals surface area contributed by atoms with Crippen LogP contribution in [0.1, 0.15) is 96.9 Å². The van der Waals surface area contributed by atoms with Crippen molar-refractivity contribution >= 4 is 56.5 Å². The van der Waals surface area contributed by atoms with E-state index in [9.17, 15) is 29.4 Å². The maximum absolute atomic E-state index is 14.7. The Morgan fingerprint density at radius 3 is 2.45 bits per heavy atom. The molecule has 2 aromatic carbocycles. The molecule has 0 radical (unpaired) electrons. The number of phenolic OH excluding ortho intramolecular Hbond substituents is 1. The Hall–Kier alpha value is -4.25. The fraction of sp³-hybridized carbons (Fsp3) is 0.580. The van der Waals surface area contributed by atoms with Crippen LogP contribution in [0.2, 0.25) is 0 Å². The number of aliphatic hydroxyl groups is 1. The Labute approximate surface area is 390 Å². The maximum atomic E-state index is 14.7. The molecular weight excluding hydrogens is 898 g/mol. The van der Waals surface area contributed by atoms with Gasteiger partial charge >= 0.3 is 12.1 Å². The number of ketones is 2. The molecule has 3 fully saturated rings. The molecule has 1 amide bonds. The molecule has 0 aliphatic carbocycles. The summed E-state index contributed by atoms with van der Waals surface area (Å²) in [6.45, 7) is 17.9. The molecule has 13 atom stereocenters. The monoisotopic (exact) mass is 963 g/mol. The zero-order valence-electron chi connectivity index (χ0n) is 39.4. The van der Waals surface area contributed by atoms with Crippen LogP contribution in [0.5, 0.6) is 5.75 Å². The van der Waals surface area contributed by atoms with Gasteiger partial charge in [-0.15, -0.1) is 0 Å². The molecule has 4 heterocycles. The summed E-state index contributed by atoms with van der Waals surface area (Å²) in [5, 5.41) is 27.0. The van der Waals surface area contributed by atoms with Crippen molar-refractivity contribution in [2.45, 2.75) is 149 Å². The van der Waals surface area contributed by atoms with Gasteiger partial charge < -0.3 is 39.2 Å². The number of hydrogen-bond acceptors (Lipinski definition) is 13. The molecule has 1 aromatic heterocycles. The van der Waals surface area contributed by atoms with E-state index in [2.05, 4.69) is 26.2 Å². The normalized spacial score (nSPS) is 34.0. The highest BCUT2D eigenvalue weighted by atomic mass is 79.9. The Morgan fingerprint density at radius 1 is 1.03 bits per heavy atom. The summed E-state index contributed by atoms with van der Waals surface area (Å²) < 4.78 is 32.8. The van der Waals surface area contributed by atoms with Crippen molar-refractivity contribution in [3.63, 3.8) is 0 Å². The molecule has 14 nitrogen and oxygen atoms in total. The van der Waals surface area contributed by atoms with Gasteiger partial charge in [-0.25, -0.2) is 4.79 Å². The fourth-order valence-electron chi connectivity index (χ4n) is 10.2. The largest absolute Gasteiger partial charge is 0.508 e. The van der Waals surface area contributed by atoms with Crippen LogP contribution in [0.4, 0.5) is 4.79 Å². The van der Waals surface area contributed by atoms with Crippen molar-refractivity contribution in [1.29, 1.82) is 0 Å². The second-order valence-corrected chi connectivity index (χ2v) is 19.7. The second kappa shape index (κ2) is 20.3. The number of alkyl carbamates (subject to hydrolysis) is 1. The average Bonchev–Trinajstić information content (AvgIpc) is 3.59. The average molecular weight is 965 g/mol. The number of carbonyl (C=O) groups excluding carboxylic acids is 4. The van der Waals surface area contributed by atoms with Gasteiger partial charge in [-0.2, -0.15) is 0 Å². The number of nitrogens with zero attached hydrogens (tertiary/aromatic N) is 2. The number of Topliss-reactive ketones (excluding diaryl/α,β-unsaturated/α-hetero) is 2. The summed E-state index contributed by atoms with van der Waals surface area (Å²) in [4.78, 5) is 62.7. The number of hydrogen-bond donors (Lipinski definition) is 3. The number of pyridine rings is 1. The standard InChI is InChI=1S/C50H66BrN3O11/c1-12-39-50(10)44(53-48(60)65-50)30(6)41(56)27(3)23-49(9,61-19-15-16-33-22-34-17-13-14-18-36(34)52-24-33)45(31(7)42(57)32(8)46(59)63-39)64-47-43(58)37(21-28(4)62-47)54(11)25-35-29(5)40(51)26(2)20-38(35)55/h13-18,20,22,24,27-28,30-32,37,39,43-45,47,55,58H,12,19,21,23,25H2,1-11H3,(H,53,60)/b16-15+/t27-,28-,30+,31+,32-,37+,39-,43-,44-,45-,47?,49+,50-/m1/s1. The van der Waals surface area contributed by atoms with E-state index in [1.165, 1.54) is 6.92 Å². The molecular formula is C50H66BrN3O11.